The molecule has 2 aliphatic heterocycles. The molecule has 0 bridgehead atoms. The lowest BCUT2D eigenvalue weighted by molar-refractivity contribution is -0.380. The lowest BCUT2D eigenvalue weighted by atomic mass is 9.79. The van der Waals surface area contributed by atoms with E-state index in [0.29, 0.717) is 42.5 Å². The highest BCUT2D eigenvalue weighted by atomic mass is 32.1. The molecular weight excluding hydrogens is 318 g/mol. The number of rotatable bonds is 2. The molecule has 3 aliphatic rings. The Hall–Kier alpha value is -2.48. The second-order valence-electron chi connectivity index (χ2n) is 5.75. The zero-order valence-corrected chi connectivity index (χ0v) is 12.9. The van der Waals surface area contributed by atoms with Crippen LogP contribution in [0.2, 0.25) is 0 Å². The maximum absolute atomic E-state index is 12.4. The van der Waals surface area contributed by atoms with Crippen molar-refractivity contribution in [3.05, 3.63) is 49.7 Å². The van der Waals surface area contributed by atoms with Crippen molar-refractivity contribution in [2.75, 3.05) is 6.54 Å². The average molecular weight is 331 g/mol. The van der Waals surface area contributed by atoms with E-state index >= 15 is 0 Å². The number of nitrogens with zero attached hydrogens (tertiary/aromatic N) is 1. The first-order valence-electron chi connectivity index (χ1n) is 7.33. The monoisotopic (exact) mass is 331 g/mol. The minimum atomic E-state index is -0.499. The molecule has 7 nitrogen and oxygen atoms in total. The molecule has 118 valence electrons. The van der Waals surface area contributed by atoms with Gasteiger partial charge in [-0.1, -0.05) is 11.3 Å². The summed E-state index contributed by atoms with van der Waals surface area (Å²) >= 11 is 1.02. The van der Waals surface area contributed by atoms with Crippen LogP contribution in [0, 0.1) is 10.1 Å². The molecule has 1 unspecified atom stereocenters. The molecule has 1 aromatic heterocycles. The summed E-state index contributed by atoms with van der Waals surface area (Å²) in [7, 11) is 0. The SMILES string of the molecule is O=C1CCC2=C1C(c1csc([N+](=O)[O-])c1)C1=C(CCNC1=O)N2. The van der Waals surface area contributed by atoms with Gasteiger partial charge < -0.3 is 10.6 Å². The zero-order chi connectivity index (χ0) is 16.1. The van der Waals surface area contributed by atoms with Crippen molar-refractivity contribution in [3.8, 4) is 0 Å². The largest absolute Gasteiger partial charge is 0.361 e. The first-order chi connectivity index (χ1) is 11.1. The summed E-state index contributed by atoms with van der Waals surface area (Å²) in [5, 5.41) is 18.7. The fourth-order valence-corrected chi connectivity index (χ4v) is 4.24. The Labute approximate surface area is 135 Å². The molecule has 2 N–H and O–H groups in total. The third kappa shape index (κ3) is 2.09. The number of amides is 1. The van der Waals surface area contributed by atoms with Crippen LogP contribution in [0.5, 0.6) is 0 Å². The number of nitro groups is 1. The predicted octanol–water partition coefficient (Wildman–Crippen LogP) is 1.73. The number of carbonyl (C=O) groups is 2. The summed E-state index contributed by atoms with van der Waals surface area (Å²) in [6, 6.07) is 1.48. The maximum atomic E-state index is 12.4. The minimum Gasteiger partial charge on any atom is -0.361 e. The first-order valence-corrected chi connectivity index (χ1v) is 8.21. The minimum absolute atomic E-state index is 0.0104. The molecule has 1 atom stereocenters. The molecule has 0 saturated heterocycles. The van der Waals surface area contributed by atoms with E-state index in [0.717, 1.165) is 22.7 Å². The summed E-state index contributed by atoms with van der Waals surface area (Å²) < 4.78 is 0. The fraction of sp³-hybridized carbons (Fsp3) is 0.333. The maximum Gasteiger partial charge on any atom is 0.324 e. The molecule has 3 heterocycles. The van der Waals surface area contributed by atoms with Crippen molar-refractivity contribution in [2.24, 2.45) is 0 Å². The number of thiophene rings is 1. The Balaban J connectivity index is 1.88. The van der Waals surface area contributed by atoms with Crippen LogP contribution >= 0.6 is 11.3 Å². The zero-order valence-electron chi connectivity index (χ0n) is 12.0. The predicted molar refractivity (Wildman–Crippen MR) is 82.8 cm³/mol. The standard InChI is InChI=1S/C15H13N3O4S/c19-10-2-1-8-13(10)12(7-5-11(18(21)22)23-6-7)14-9(17-8)3-4-16-15(14)20/h5-6,12,17H,1-4H2,(H,16,20). The summed E-state index contributed by atoms with van der Waals surface area (Å²) in [4.78, 5) is 35.2. The molecule has 23 heavy (non-hydrogen) atoms. The smallest absolute Gasteiger partial charge is 0.324 e. The second-order valence-corrected chi connectivity index (χ2v) is 6.64. The number of Topliss-reactive ketones (excluding diaryl/α,β-unsaturated/α-hetero) is 1. The van der Waals surface area contributed by atoms with Crippen molar-refractivity contribution in [1.29, 1.82) is 0 Å². The highest BCUT2D eigenvalue weighted by Crippen LogP contribution is 2.45. The molecule has 0 aromatic carbocycles. The molecule has 1 amide bonds. The number of ketones is 1. The Kier molecular flexibility index (Phi) is 3.08. The van der Waals surface area contributed by atoms with Crippen molar-refractivity contribution in [3.63, 3.8) is 0 Å². The quantitative estimate of drug-likeness (QED) is 0.635. The average Bonchev–Trinajstić information content (AvgIpc) is 3.13. The Morgan fingerprint density at radius 3 is 2.70 bits per heavy atom. The molecule has 0 saturated carbocycles. The lowest BCUT2D eigenvalue weighted by Crippen LogP contribution is -2.40. The van der Waals surface area contributed by atoms with Crippen LogP contribution in [-0.2, 0) is 9.59 Å². The van der Waals surface area contributed by atoms with Crippen molar-refractivity contribution in [1.82, 2.24) is 10.6 Å². The van der Waals surface area contributed by atoms with Crippen LogP contribution < -0.4 is 10.6 Å². The van der Waals surface area contributed by atoms with E-state index in [1.165, 1.54) is 6.07 Å². The number of nitrogens with one attached hydrogen (secondary N) is 2. The molecule has 8 heteroatoms. The summed E-state index contributed by atoms with van der Waals surface area (Å²) in [6.07, 6.45) is 1.73. The first kappa shape index (κ1) is 14.1. The van der Waals surface area contributed by atoms with Crippen LogP contribution in [0.25, 0.3) is 0 Å². The number of hydrogen-bond acceptors (Lipinski definition) is 6. The van der Waals surface area contributed by atoms with Gasteiger partial charge in [0.15, 0.2) is 5.78 Å². The van der Waals surface area contributed by atoms with Crippen LogP contribution in [0.1, 0.15) is 30.7 Å². The van der Waals surface area contributed by atoms with Gasteiger partial charge in [0.05, 0.1) is 4.92 Å². The van der Waals surface area contributed by atoms with Gasteiger partial charge in [-0.2, -0.15) is 0 Å². The van der Waals surface area contributed by atoms with Crippen molar-refractivity contribution < 1.29 is 14.5 Å². The van der Waals surface area contributed by atoms with Gasteiger partial charge in [0.2, 0.25) is 5.91 Å². The van der Waals surface area contributed by atoms with E-state index in [4.69, 9.17) is 0 Å². The van der Waals surface area contributed by atoms with Gasteiger partial charge in [-0.3, -0.25) is 19.7 Å². The Morgan fingerprint density at radius 1 is 1.17 bits per heavy atom. The third-order valence-electron chi connectivity index (χ3n) is 4.46. The van der Waals surface area contributed by atoms with Crippen molar-refractivity contribution >= 4 is 28.0 Å². The van der Waals surface area contributed by atoms with E-state index < -0.39 is 10.8 Å². The Bertz CT molecular complexity index is 820. The van der Waals surface area contributed by atoms with Gasteiger partial charge in [0.1, 0.15) is 0 Å². The molecule has 0 fully saturated rings. The molecule has 0 radical (unpaired) electrons. The van der Waals surface area contributed by atoms with Crippen LogP contribution in [-0.4, -0.2) is 23.2 Å². The normalized spacial score (nSPS) is 23.4. The van der Waals surface area contributed by atoms with Crippen LogP contribution in [0.3, 0.4) is 0 Å². The third-order valence-corrected chi connectivity index (χ3v) is 5.35. The summed E-state index contributed by atoms with van der Waals surface area (Å²) in [5.74, 6) is -0.693. The molecular formula is C15H13N3O4S. The van der Waals surface area contributed by atoms with E-state index in [-0.39, 0.29) is 16.7 Å². The molecule has 0 spiro atoms. The second kappa shape index (κ2) is 5.02. The van der Waals surface area contributed by atoms with Gasteiger partial charge in [0, 0.05) is 59.3 Å². The van der Waals surface area contributed by atoms with Crippen LogP contribution in [0.4, 0.5) is 5.00 Å². The lowest BCUT2D eigenvalue weighted by Gasteiger charge is -2.32. The highest BCUT2D eigenvalue weighted by molar-refractivity contribution is 7.13. The topological polar surface area (TPSA) is 101 Å². The van der Waals surface area contributed by atoms with E-state index in [9.17, 15) is 19.7 Å². The van der Waals surface area contributed by atoms with Gasteiger partial charge in [-0.15, -0.1) is 0 Å². The van der Waals surface area contributed by atoms with Crippen molar-refractivity contribution in [2.45, 2.75) is 25.2 Å². The van der Waals surface area contributed by atoms with Gasteiger partial charge in [-0.25, -0.2) is 0 Å². The fourth-order valence-electron chi connectivity index (χ4n) is 3.49. The number of allylic oxidation sites excluding steroid dienone is 2. The van der Waals surface area contributed by atoms with Gasteiger partial charge >= 0.3 is 5.00 Å². The molecule has 1 aromatic rings. The highest BCUT2D eigenvalue weighted by Gasteiger charge is 2.42. The summed E-state index contributed by atoms with van der Waals surface area (Å²) in [5.41, 5.74) is 3.46. The van der Waals surface area contributed by atoms with E-state index in [2.05, 4.69) is 10.6 Å². The number of dihydropyridines is 1. The Morgan fingerprint density at radius 2 is 1.96 bits per heavy atom. The number of carbonyl (C=O) groups excluding carboxylic acids is 2. The van der Waals surface area contributed by atoms with Crippen LogP contribution in [0.15, 0.2) is 34.0 Å². The summed E-state index contributed by atoms with van der Waals surface area (Å²) in [6.45, 7) is 0.553. The molecule has 1 aliphatic carbocycles. The van der Waals surface area contributed by atoms with E-state index in [1.54, 1.807) is 5.38 Å². The van der Waals surface area contributed by atoms with E-state index in [1.807, 2.05) is 0 Å². The number of hydrogen-bond donors (Lipinski definition) is 2. The van der Waals surface area contributed by atoms with Gasteiger partial charge in [-0.05, 0) is 12.0 Å². The molecule has 4 rings (SSSR count). The van der Waals surface area contributed by atoms with Gasteiger partial charge in [0.25, 0.3) is 0 Å².